The minimum Gasteiger partial charge on any atom is -0.350 e. The Labute approximate surface area is 133 Å². The van der Waals surface area contributed by atoms with E-state index in [1.165, 1.54) is 0 Å². The average Bonchev–Trinajstić information content (AvgIpc) is 3.01. The highest BCUT2D eigenvalue weighted by Gasteiger charge is 2.19. The molecule has 6 nitrogen and oxygen atoms in total. The van der Waals surface area contributed by atoms with Crippen LogP contribution in [0.4, 0.5) is 5.69 Å². The smallest absolute Gasteiger partial charge is 0.259 e. The molecule has 0 saturated carbocycles. The summed E-state index contributed by atoms with van der Waals surface area (Å²) in [6.07, 6.45) is 5.56. The third-order valence-electron chi connectivity index (χ3n) is 3.42. The Hall–Kier alpha value is -1.99. The van der Waals surface area contributed by atoms with Crippen molar-refractivity contribution in [1.82, 2.24) is 15.3 Å². The van der Waals surface area contributed by atoms with E-state index in [2.05, 4.69) is 20.2 Å². The van der Waals surface area contributed by atoms with Crippen LogP contribution in [0.2, 0.25) is 0 Å². The van der Waals surface area contributed by atoms with Gasteiger partial charge < -0.3 is 20.9 Å². The highest BCUT2D eigenvalue weighted by atomic mass is 32.2. The van der Waals surface area contributed by atoms with Crippen molar-refractivity contribution in [2.24, 2.45) is 5.73 Å². The maximum atomic E-state index is 12.2. The molecule has 0 saturated heterocycles. The lowest BCUT2D eigenvalue weighted by atomic mass is 10.2. The second-order valence-corrected chi connectivity index (χ2v) is 6.43. The van der Waals surface area contributed by atoms with Gasteiger partial charge in [-0.05, 0) is 19.1 Å². The topological polar surface area (TPSA) is 87.0 Å². The predicted molar refractivity (Wildman–Crippen MR) is 90.6 cm³/mol. The van der Waals surface area contributed by atoms with Gasteiger partial charge in [-0.15, -0.1) is 11.8 Å². The lowest BCUT2D eigenvalue weighted by Gasteiger charge is -2.26. The van der Waals surface area contributed by atoms with Crippen molar-refractivity contribution >= 4 is 34.4 Å². The fourth-order valence-corrected chi connectivity index (χ4v) is 3.26. The summed E-state index contributed by atoms with van der Waals surface area (Å²) in [6, 6.07) is 3.93. The summed E-state index contributed by atoms with van der Waals surface area (Å²) in [5.41, 5.74) is 7.59. The summed E-state index contributed by atoms with van der Waals surface area (Å²) in [5, 5.41) is 3.91. The fraction of sp³-hybridized carbons (Fsp3) is 0.333. The van der Waals surface area contributed by atoms with Crippen molar-refractivity contribution in [1.29, 1.82) is 0 Å². The molecule has 1 aliphatic rings. The van der Waals surface area contributed by atoms with E-state index in [9.17, 15) is 4.79 Å². The van der Waals surface area contributed by atoms with Gasteiger partial charge in [0.2, 0.25) is 0 Å². The number of nitrogens with one attached hydrogen (secondary N) is 2. The number of carbonyl (C=O) groups is 1. The van der Waals surface area contributed by atoms with E-state index in [1.807, 2.05) is 31.5 Å². The van der Waals surface area contributed by atoms with Crippen LogP contribution in [0.5, 0.6) is 0 Å². The number of hydrogen-bond acceptors (Lipinski definition) is 5. The number of amides is 1. The van der Waals surface area contributed by atoms with Crippen LogP contribution in [0.1, 0.15) is 6.92 Å². The molecule has 3 heterocycles. The van der Waals surface area contributed by atoms with Gasteiger partial charge in [-0.1, -0.05) is 0 Å². The van der Waals surface area contributed by atoms with Gasteiger partial charge in [-0.2, -0.15) is 0 Å². The fourth-order valence-electron chi connectivity index (χ4n) is 2.35. The molecular weight excluding hydrogens is 298 g/mol. The number of aromatic nitrogens is 2. The van der Waals surface area contributed by atoms with E-state index in [1.54, 1.807) is 18.0 Å². The molecule has 22 heavy (non-hydrogen) atoms. The Morgan fingerprint density at radius 2 is 2.45 bits per heavy atom. The van der Waals surface area contributed by atoms with Gasteiger partial charge in [0.1, 0.15) is 5.65 Å². The number of aromatic amines is 1. The summed E-state index contributed by atoms with van der Waals surface area (Å²) in [5.74, 6) is 0.803. The highest BCUT2D eigenvalue weighted by molar-refractivity contribution is 8.04. The van der Waals surface area contributed by atoms with Crippen LogP contribution in [0, 0.1) is 0 Å². The predicted octanol–water partition coefficient (Wildman–Crippen LogP) is 1.42. The largest absolute Gasteiger partial charge is 0.350 e. The molecule has 1 aliphatic heterocycles. The summed E-state index contributed by atoms with van der Waals surface area (Å²) < 4.78 is 0. The molecule has 3 rings (SSSR count). The Balaban J connectivity index is 1.84. The molecule has 4 N–H and O–H groups in total. The van der Waals surface area contributed by atoms with Gasteiger partial charge in [0.15, 0.2) is 0 Å². The first-order valence-corrected chi connectivity index (χ1v) is 8.21. The Morgan fingerprint density at radius 3 is 3.27 bits per heavy atom. The van der Waals surface area contributed by atoms with Crippen LogP contribution < -0.4 is 16.0 Å². The van der Waals surface area contributed by atoms with Crippen LogP contribution in [-0.4, -0.2) is 40.8 Å². The first-order chi connectivity index (χ1) is 10.6. The van der Waals surface area contributed by atoms with Crippen molar-refractivity contribution < 1.29 is 4.79 Å². The van der Waals surface area contributed by atoms with Gasteiger partial charge in [0.05, 0.1) is 10.6 Å². The van der Waals surface area contributed by atoms with E-state index in [0.29, 0.717) is 11.4 Å². The molecule has 0 radical (unpaired) electrons. The van der Waals surface area contributed by atoms with Gasteiger partial charge in [0.25, 0.3) is 5.91 Å². The molecule has 7 heteroatoms. The number of fused-ring (bicyclic) bond motifs is 1. The molecule has 0 spiro atoms. The maximum Gasteiger partial charge on any atom is 0.259 e. The second-order valence-electron chi connectivity index (χ2n) is 5.29. The van der Waals surface area contributed by atoms with Crippen LogP contribution >= 0.6 is 11.8 Å². The third-order valence-corrected chi connectivity index (χ3v) is 4.41. The summed E-state index contributed by atoms with van der Waals surface area (Å²) in [4.78, 5) is 22.4. The van der Waals surface area contributed by atoms with Gasteiger partial charge in [0, 0.05) is 48.9 Å². The van der Waals surface area contributed by atoms with E-state index in [0.717, 1.165) is 29.0 Å². The average molecular weight is 317 g/mol. The first kappa shape index (κ1) is 14.9. The SMILES string of the molecule is C[C@H](N)CNC(=O)C1=CN(c2ccnc3[nH]ccc23)CCS1. The Morgan fingerprint density at radius 1 is 1.59 bits per heavy atom. The number of hydrogen-bond donors (Lipinski definition) is 3. The van der Waals surface area contributed by atoms with E-state index < -0.39 is 0 Å². The molecular formula is C15H19N5OS. The van der Waals surface area contributed by atoms with Crippen LogP contribution in [0.25, 0.3) is 11.0 Å². The molecule has 2 aromatic rings. The van der Waals surface area contributed by atoms with Gasteiger partial charge in [-0.25, -0.2) is 4.98 Å². The van der Waals surface area contributed by atoms with Gasteiger partial charge in [-0.3, -0.25) is 4.79 Å². The zero-order valence-corrected chi connectivity index (χ0v) is 13.2. The highest BCUT2D eigenvalue weighted by Crippen LogP contribution is 2.30. The van der Waals surface area contributed by atoms with Crippen LogP contribution in [0.3, 0.4) is 0 Å². The molecule has 1 atom stereocenters. The number of pyridine rings is 1. The van der Waals surface area contributed by atoms with E-state index in [-0.39, 0.29) is 11.9 Å². The molecule has 0 bridgehead atoms. The summed E-state index contributed by atoms with van der Waals surface area (Å²) in [7, 11) is 0. The lowest BCUT2D eigenvalue weighted by molar-refractivity contribution is -0.116. The monoisotopic (exact) mass is 317 g/mol. The maximum absolute atomic E-state index is 12.2. The standard InChI is InChI=1S/C15H19N5OS/c1-10(16)8-19-15(21)13-9-20(6-7-22-13)12-3-5-18-14-11(12)2-4-17-14/h2-5,9-10H,6-8,16H2,1H3,(H,17,18)(H,19,21)/t10-/m0/s1. The number of nitrogens with zero attached hydrogens (tertiary/aromatic N) is 2. The van der Waals surface area contributed by atoms with Crippen molar-refractivity contribution in [3.8, 4) is 0 Å². The van der Waals surface area contributed by atoms with Gasteiger partial charge >= 0.3 is 0 Å². The molecule has 116 valence electrons. The van der Waals surface area contributed by atoms with E-state index >= 15 is 0 Å². The Kier molecular flexibility index (Phi) is 4.35. The Bertz CT molecular complexity index is 709. The second kappa shape index (κ2) is 6.41. The van der Waals surface area contributed by atoms with Crippen molar-refractivity contribution in [3.63, 3.8) is 0 Å². The van der Waals surface area contributed by atoms with Crippen molar-refractivity contribution in [3.05, 3.63) is 35.6 Å². The molecule has 0 fully saturated rings. The number of nitrogens with two attached hydrogens (primary N) is 1. The molecule has 1 amide bonds. The zero-order valence-electron chi connectivity index (χ0n) is 12.4. The number of anilines is 1. The normalized spacial score (nSPS) is 16.5. The number of rotatable bonds is 4. The van der Waals surface area contributed by atoms with E-state index in [4.69, 9.17) is 5.73 Å². The van der Waals surface area contributed by atoms with Crippen molar-refractivity contribution in [2.45, 2.75) is 13.0 Å². The molecule has 0 aliphatic carbocycles. The molecule has 0 aromatic carbocycles. The number of H-pyrrole nitrogens is 1. The van der Waals surface area contributed by atoms with Crippen LogP contribution in [-0.2, 0) is 4.79 Å². The van der Waals surface area contributed by atoms with Crippen molar-refractivity contribution in [2.75, 3.05) is 23.7 Å². The molecule has 2 aromatic heterocycles. The number of thioether (sulfide) groups is 1. The lowest BCUT2D eigenvalue weighted by Crippen LogP contribution is -2.37. The minimum absolute atomic E-state index is 0.0473. The third kappa shape index (κ3) is 3.10. The summed E-state index contributed by atoms with van der Waals surface area (Å²) in [6.45, 7) is 3.21. The van der Waals surface area contributed by atoms with Crippen LogP contribution in [0.15, 0.2) is 35.6 Å². The zero-order chi connectivity index (χ0) is 15.5. The first-order valence-electron chi connectivity index (χ1n) is 7.22. The molecule has 0 unspecified atom stereocenters. The minimum atomic E-state index is -0.0635. The summed E-state index contributed by atoms with van der Waals surface area (Å²) >= 11 is 1.57. The number of carbonyl (C=O) groups excluding carboxylic acids is 1. The quantitative estimate of drug-likeness (QED) is 0.794.